The number of nitrogens with zero attached hydrogens (tertiary/aromatic N) is 4. The molecule has 0 N–H and O–H groups in total. The minimum Gasteiger partial charge on any atom is -0.463 e. The SMILES string of the molecule is CC1(F)CC(CCOc2nc(N3CC4CCC(C4)C3)c3cnc(-c4cccc5cccc(Cl)c45)c(F)c3n2)C1. The van der Waals surface area contributed by atoms with E-state index in [1.54, 1.807) is 19.2 Å². The number of aromatic nitrogens is 3. The summed E-state index contributed by atoms with van der Waals surface area (Å²) in [5, 5.41) is 2.80. The van der Waals surface area contributed by atoms with E-state index < -0.39 is 11.5 Å². The van der Waals surface area contributed by atoms with Crippen LogP contribution in [0.3, 0.4) is 0 Å². The van der Waals surface area contributed by atoms with Gasteiger partial charge < -0.3 is 9.64 Å². The summed E-state index contributed by atoms with van der Waals surface area (Å²) in [4.78, 5) is 16.2. The van der Waals surface area contributed by atoms with Gasteiger partial charge in [-0.05, 0) is 74.7 Å². The maximum Gasteiger partial charge on any atom is 0.319 e. The lowest BCUT2D eigenvalue weighted by molar-refractivity contribution is 0.0149. The fraction of sp³-hybridized carbons (Fsp3) is 0.452. The summed E-state index contributed by atoms with van der Waals surface area (Å²) >= 11 is 6.56. The van der Waals surface area contributed by atoms with E-state index in [0.29, 0.717) is 59.0 Å². The Kier molecular flexibility index (Phi) is 6.10. The lowest BCUT2D eigenvalue weighted by Gasteiger charge is -2.38. The Balaban J connectivity index is 1.30. The van der Waals surface area contributed by atoms with Crippen LogP contribution in [0.25, 0.3) is 32.9 Å². The zero-order valence-corrected chi connectivity index (χ0v) is 22.7. The van der Waals surface area contributed by atoms with Crippen molar-refractivity contribution in [3.63, 3.8) is 0 Å². The lowest BCUT2D eigenvalue weighted by atomic mass is 9.72. The van der Waals surface area contributed by atoms with Crippen molar-refractivity contribution in [2.24, 2.45) is 17.8 Å². The van der Waals surface area contributed by atoms with Crippen molar-refractivity contribution in [3.8, 4) is 17.3 Å². The molecule has 2 bridgehead atoms. The van der Waals surface area contributed by atoms with Gasteiger partial charge in [-0.25, -0.2) is 8.78 Å². The van der Waals surface area contributed by atoms with E-state index in [1.165, 1.54) is 19.3 Å². The molecule has 39 heavy (non-hydrogen) atoms. The van der Waals surface area contributed by atoms with Crippen molar-refractivity contribution >= 4 is 39.1 Å². The molecule has 2 aromatic carbocycles. The molecule has 2 aliphatic carbocycles. The fourth-order valence-electron chi connectivity index (χ4n) is 7.05. The molecule has 202 valence electrons. The third kappa shape index (κ3) is 4.58. The first-order chi connectivity index (χ1) is 18.8. The topological polar surface area (TPSA) is 51.1 Å². The predicted molar refractivity (Wildman–Crippen MR) is 151 cm³/mol. The number of benzene rings is 2. The molecule has 2 atom stereocenters. The summed E-state index contributed by atoms with van der Waals surface area (Å²) in [5.41, 5.74) is -0.0494. The number of pyridine rings is 1. The van der Waals surface area contributed by atoms with Crippen molar-refractivity contribution in [3.05, 3.63) is 53.4 Å². The standard InChI is InChI=1S/C31H31ClF2N4O/c1-31(34)13-20(14-31)10-11-39-30-36-28-23(29(37-30)38-16-18-8-9-19(12-18)17-38)15-35-27(26(28)33)22-6-2-4-21-5-3-7-24(32)25(21)22/h2-7,15,18-20H,8-14,16-17H2,1H3. The normalized spacial score (nSPS) is 26.3. The van der Waals surface area contributed by atoms with Gasteiger partial charge in [0.25, 0.3) is 0 Å². The summed E-state index contributed by atoms with van der Waals surface area (Å²) in [6.07, 6.45) is 7.21. The van der Waals surface area contributed by atoms with Crippen LogP contribution in [-0.4, -0.2) is 40.3 Å². The average molecular weight is 549 g/mol. The summed E-state index contributed by atoms with van der Waals surface area (Å²) < 4.78 is 36.3. The number of hydrogen-bond acceptors (Lipinski definition) is 5. The quantitative estimate of drug-likeness (QED) is 0.246. The van der Waals surface area contributed by atoms with Crippen LogP contribution in [0.2, 0.25) is 5.02 Å². The second-order valence-electron chi connectivity index (χ2n) is 11.9. The van der Waals surface area contributed by atoms with Gasteiger partial charge in [0, 0.05) is 35.3 Å². The smallest absolute Gasteiger partial charge is 0.319 e. The largest absolute Gasteiger partial charge is 0.463 e. The van der Waals surface area contributed by atoms with Gasteiger partial charge in [-0.2, -0.15) is 9.97 Å². The van der Waals surface area contributed by atoms with E-state index in [2.05, 4.69) is 14.9 Å². The van der Waals surface area contributed by atoms with Gasteiger partial charge in [0.1, 0.15) is 22.7 Å². The number of anilines is 1. The van der Waals surface area contributed by atoms with E-state index in [4.69, 9.17) is 21.3 Å². The average Bonchev–Trinajstić information content (AvgIpc) is 3.24. The molecule has 3 fully saturated rings. The molecule has 3 aliphatic rings. The number of fused-ring (bicyclic) bond motifs is 4. The van der Waals surface area contributed by atoms with Crippen LogP contribution < -0.4 is 9.64 Å². The van der Waals surface area contributed by atoms with E-state index in [0.717, 1.165) is 30.3 Å². The van der Waals surface area contributed by atoms with Gasteiger partial charge in [0.2, 0.25) is 0 Å². The van der Waals surface area contributed by atoms with E-state index in [9.17, 15) is 4.39 Å². The van der Waals surface area contributed by atoms with Gasteiger partial charge in [-0.15, -0.1) is 0 Å². The molecule has 2 saturated carbocycles. The number of alkyl halides is 1. The highest BCUT2D eigenvalue weighted by atomic mass is 35.5. The van der Waals surface area contributed by atoms with Crippen LogP contribution >= 0.6 is 11.6 Å². The van der Waals surface area contributed by atoms with Crippen molar-refractivity contribution in [1.82, 2.24) is 15.0 Å². The molecule has 1 aliphatic heterocycles. The highest BCUT2D eigenvalue weighted by Crippen LogP contribution is 2.43. The molecule has 2 unspecified atom stereocenters. The minimum atomic E-state index is -1.07. The Hall–Kier alpha value is -3.06. The van der Waals surface area contributed by atoms with E-state index in [1.807, 2.05) is 30.3 Å². The van der Waals surface area contributed by atoms with E-state index >= 15 is 4.39 Å². The maximum atomic E-state index is 16.4. The second kappa shape index (κ2) is 9.54. The van der Waals surface area contributed by atoms with Crippen LogP contribution in [0.15, 0.2) is 42.6 Å². The predicted octanol–water partition coefficient (Wildman–Crippen LogP) is 7.78. The van der Waals surface area contributed by atoms with Gasteiger partial charge in [-0.1, -0.05) is 41.9 Å². The Labute approximate surface area is 231 Å². The molecule has 1 saturated heterocycles. The first kappa shape index (κ1) is 24.9. The van der Waals surface area contributed by atoms with Crippen LogP contribution in [0, 0.1) is 23.6 Å². The van der Waals surface area contributed by atoms with Crippen molar-refractivity contribution in [2.75, 3.05) is 24.6 Å². The van der Waals surface area contributed by atoms with Crippen molar-refractivity contribution < 1.29 is 13.5 Å². The molecule has 7 rings (SSSR count). The van der Waals surface area contributed by atoms with Crippen molar-refractivity contribution in [2.45, 2.75) is 51.1 Å². The monoisotopic (exact) mass is 548 g/mol. The molecule has 5 nitrogen and oxygen atoms in total. The fourth-order valence-corrected chi connectivity index (χ4v) is 7.34. The maximum absolute atomic E-state index is 16.4. The first-order valence-corrected chi connectivity index (χ1v) is 14.3. The third-order valence-electron chi connectivity index (χ3n) is 8.84. The van der Waals surface area contributed by atoms with Crippen molar-refractivity contribution in [1.29, 1.82) is 0 Å². The highest BCUT2D eigenvalue weighted by molar-refractivity contribution is 6.36. The zero-order valence-electron chi connectivity index (χ0n) is 22.0. The summed E-state index contributed by atoms with van der Waals surface area (Å²) in [7, 11) is 0. The van der Waals surface area contributed by atoms with Gasteiger partial charge >= 0.3 is 6.01 Å². The third-order valence-corrected chi connectivity index (χ3v) is 9.16. The highest BCUT2D eigenvalue weighted by Gasteiger charge is 2.40. The summed E-state index contributed by atoms with van der Waals surface area (Å²) in [6, 6.07) is 11.5. The zero-order chi connectivity index (χ0) is 26.7. The van der Waals surface area contributed by atoms with Gasteiger partial charge in [0.05, 0.1) is 12.0 Å². The number of piperidine rings is 1. The van der Waals surface area contributed by atoms with Crippen LogP contribution in [0.4, 0.5) is 14.6 Å². The lowest BCUT2D eigenvalue weighted by Crippen LogP contribution is -2.37. The Bertz CT molecular complexity index is 1550. The summed E-state index contributed by atoms with van der Waals surface area (Å²) in [6.45, 7) is 3.80. The minimum absolute atomic E-state index is 0.157. The number of hydrogen-bond donors (Lipinski definition) is 0. The van der Waals surface area contributed by atoms with Crippen LogP contribution in [0.1, 0.15) is 45.4 Å². The van der Waals surface area contributed by atoms with Gasteiger partial charge in [0.15, 0.2) is 5.82 Å². The van der Waals surface area contributed by atoms with Crippen LogP contribution in [-0.2, 0) is 0 Å². The number of ether oxygens (including phenoxy) is 1. The molecule has 0 amide bonds. The molecule has 0 spiro atoms. The molecular formula is C31H31ClF2N4O. The summed E-state index contributed by atoms with van der Waals surface area (Å²) in [5.74, 6) is 1.71. The van der Waals surface area contributed by atoms with Crippen LogP contribution in [0.5, 0.6) is 6.01 Å². The molecule has 3 heterocycles. The Morgan fingerprint density at radius 3 is 2.56 bits per heavy atom. The number of halogens is 3. The molecule has 4 aromatic rings. The number of rotatable bonds is 6. The first-order valence-electron chi connectivity index (χ1n) is 14.0. The molecule has 0 radical (unpaired) electrons. The Morgan fingerprint density at radius 1 is 1.08 bits per heavy atom. The molecule has 2 aromatic heterocycles. The molecular weight excluding hydrogens is 518 g/mol. The van der Waals surface area contributed by atoms with E-state index in [-0.39, 0.29) is 17.2 Å². The molecule has 8 heteroatoms. The second-order valence-corrected chi connectivity index (χ2v) is 12.3. The van der Waals surface area contributed by atoms with Gasteiger partial charge in [-0.3, -0.25) is 4.98 Å². The Morgan fingerprint density at radius 2 is 1.82 bits per heavy atom.